The Bertz CT molecular complexity index is 504. The third kappa shape index (κ3) is 2.78. The van der Waals surface area contributed by atoms with Gasteiger partial charge < -0.3 is 5.32 Å². The average molecular weight is 267 g/mol. The third-order valence-corrected chi connectivity index (χ3v) is 3.04. The Kier molecular flexibility index (Phi) is 3.52. The molecule has 0 aliphatic rings. The second-order valence-corrected chi connectivity index (χ2v) is 5.34. The van der Waals surface area contributed by atoms with Crippen molar-refractivity contribution in [2.24, 2.45) is 0 Å². The highest BCUT2D eigenvalue weighted by molar-refractivity contribution is 8.11. The van der Waals surface area contributed by atoms with Crippen LogP contribution in [0.3, 0.4) is 0 Å². The van der Waals surface area contributed by atoms with E-state index in [4.69, 9.17) is 12.2 Å². The minimum absolute atomic E-state index is 0.395. The van der Waals surface area contributed by atoms with Crippen LogP contribution < -0.4 is 5.32 Å². The molecule has 3 nitrogen and oxygen atoms in total. The number of hydrogen-bond donors (Lipinski definition) is 2. The maximum atomic E-state index is 4.81. The number of nitrogens with zero attached hydrogens (tertiary/aromatic N) is 2. The van der Waals surface area contributed by atoms with E-state index in [1.54, 1.807) is 0 Å². The van der Waals surface area contributed by atoms with Gasteiger partial charge in [-0.1, -0.05) is 53.4 Å². The Balaban J connectivity index is 2.24. The van der Waals surface area contributed by atoms with Crippen molar-refractivity contribution in [2.75, 3.05) is 5.32 Å². The predicted molar refractivity (Wildman–Crippen MR) is 75.3 cm³/mol. The van der Waals surface area contributed by atoms with Crippen LogP contribution in [0.2, 0.25) is 0 Å². The van der Waals surface area contributed by atoms with Crippen molar-refractivity contribution >= 4 is 45.6 Å². The molecule has 2 aromatic rings. The summed E-state index contributed by atoms with van der Waals surface area (Å²) in [7, 11) is 0. The molecule has 1 aromatic heterocycles. The highest BCUT2D eigenvalue weighted by Crippen LogP contribution is 2.26. The first kappa shape index (κ1) is 11.5. The van der Waals surface area contributed by atoms with Crippen molar-refractivity contribution in [3.63, 3.8) is 0 Å². The van der Waals surface area contributed by atoms with Gasteiger partial charge in [0.1, 0.15) is 9.33 Å². The zero-order valence-electron chi connectivity index (χ0n) is 8.47. The maximum Gasteiger partial charge on any atom is 0.211 e. The van der Waals surface area contributed by atoms with Gasteiger partial charge in [0.25, 0.3) is 0 Å². The molecule has 0 saturated carbocycles. The van der Waals surface area contributed by atoms with Gasteiger partial charge in [-0.2, -0.15) is 0 Å². The van der Waals surface area contributed by atoms with Gasteiger partial charge in [0.15, 0.2) is 0 Å². The van der Waals surface area contributed by atoms with Crippen molar-refractivity contribution in [1.29, 1.82) is 0 Å². The molecular weight excluding hydrogens is 258 g/mol. The van der Waals surface area contributed by atoms with E-state index < -0.39 is 0 Å². The zero-order chi connectivity index (χ0) is 11.5. The van der Waals surface area contributed by atoms with Gasteiger partial charge in [0.05, 0.1) is 0 Å². The summed E-state index contributed by atoms with van der Waals surface area (Å²) in [6.07, 6.45) is 0. The molecule has 0 unspecified atom stereocenters. The molecule has 0 radical (unpaired) electrons. The van der Waals surface area contributed by atoms with E-state index in [0.717, 1.165) is 10.6 Å². The van der Waals surface area contributed by atoms with Crippen molar-refractivity contribution < 1.29 is 0 Å². The smallest absolute Gasteiger partial charge is 0.211 e. The number of benzene rings is 1. The van der Waals surface area contributed by atoms with Crippen molar-refractivity contribution in [1.82, 2.24) is 10.2 Å². The lowest BCUT2D eigenvalue weighted by Gasteiger charge is -1.95. The van der Waals surface area contributed by atoms with Crippen LogP contribution in [0.5, 0.6) is 0 Å². The van der Waals surface area contributed by atoms with Crippen LogP contribution in [0.4, 0.5) is 5.13 Å². The fourth-order valence-electron chi connectivity index (χ4n) is 1.18. The molecule has 0 atom stereocenters. The Morgan fingerprint density at radius 1 is 1.31 bits per heavy atom. The van der Waals surface area contributed by atoms with Crippen LogP contribution in [-0.2, 0) is 0 Å². The summed E-state index contributed by atoms with van der Waals surface area (Å²) >= 11 is 10.2. The van der Waals surface area contributed by atoms with E-state index in [1.165, 1.54) is 16.9 Å². The lowest BCUT2D eigenvalue weighted by molar-refractivity contribution is 1.10. The van der Waals surface area contributed by atoms with E-state index in [9.17, 15) is 0 Å². The molecule has 2 rings (SSSR count). The third-order valence-electron chi connectivity index (χ3n) is 1.94. The number of aryl methyl sites for hydroxylation is 1. The normalized spacial score (nSPS) is 10.1. The van der Waals surface area contributed by atoms with Gasteiger partial charge in [0.2, 0.25) is 5.13 Å². The van der Waals surface area contributed by atoms with Crippen LogP contribution >= 0.6 is 36.2 Å². The second-order valence-electron chi connectivity index (χ2n) is 3.21. The van der Waals surface area contributed by atoms with E-state index in [1.807, 2.05) is 24.3 Å². The molecule has 0 aliphatic carbocycles. The summed E-state index contributed by atoms with van der Waals surface area (Å²) in [4.78, 5) is 0. The minimum Gasteiger partial charge on any atom is -0.316 e. The molecule has 0 amide bonds. The Morgan fingerprint density at radius 2 is 2.00 bits per heavy atom. The van der Waals surface area contributed by atoms with Gasteiger partial charge in [0, 0.05) is 5.56 Å². The topological polar surface area (TPSA) is 37.8 Å². The fourth-order valence-corrected chi connectivity index (χ4v) is 2.27. The predicted octanol–water partition coefficient (Wildman–Crippen LogP) is 3.14. The van der Waals surface area contributed by atoms with Crippen LogP contribution in [0, 0.1) is 6.92 Å². The summed E-state index contributed by atoms with van der Waals surface area (Å²) in [5.74, 6) is 0. The van der Waals surface area contributed by atoms with Gasteiger partial charge in [-0.15, -0.1) is 22.8 Å². The summed E-state index contributed by atoms with van der Waals surface area (Å²) in [6.45, 7) is 2.05. The lowest BCUT2D eigenvalue weighted by atomic mass is 10.2. The van der Waals surface area contributed by atoms with E-state index in [-0.39, 0.29) is 0 Å². The highest BCUT2D eigenvalue weighted by atomic mass is 32.1. The van der Waals surface area contributed by atoms with Crippen LogP contribution in [0.15, 0.2) is 24.3 Å². The molecule has 1 N–H and O–H groups in total. The van der Waals surface area contributed by atoms with Gasteiger partial charge in [-0.05, 0) is 6.92 Å². The molecule has 0 aliphatic heterocycles. The number of rotatable bonds is 2. The Labute approximate surface area is 108 Å². The first-order valence-electron chi connectivity index (χ1n) is 4.55. The quantitative estimate of drug-likeness (QED) is 0.647. The highest BCUT2D eigenvalue weighted by Gasteiger charge is 2.06. The maximum absolute atomic E-state index is 4.81. The lowest BCUT2D eigenvalue weighted by Crippen LogP contribution is -1.99. The van der Waals surface area contributed by atoms with Crippen molar-refractivity contribution in [3.05, 3.63) is 29.8 Å². The first-order valence-corrected chi connectivity index (χ1v) is 6.23. The van der Waals surface area contributed by atoms with Crippen LogP contribution in [-0.4, -0.2) is 14.5 Å². The monoisotopic (exact) mass is 267 g/mol. The van der Waals surface area contributed by atoms with Gasteiger partial charge in [-0.25, -0.2) is 0 Å². The van der Waals surface area contributed by atoms with Gasteiger partial charge >= 0.3 is 0 Å². The number of nitrogens with one attached hydrogen (secondary N) is 1. The van der Waals surface area contributed by atoms with E-state index >= 15 is 0 Å². The van der Waals surface area contributed by atoms with E-state index in [0.29, 0.717) is 9.45 Å². The molecule has 1 aromatic carbocycles. The number of thiol groups is 1. The molecule has 0 spiro atoms. The SMILES string of the molecule is Cc1ccc(-c2nnc(NC(=S)S)s2)cc1. The number of thiocarbonyl (C=S) groups is 1. The van der Waals surface area contributed by atoms with Crippen molar-refractivity contribution in [2.45, 2.75) is 6.92 Å². The molecule has 0 saturated heterocycles. The number of hydrogen-bond acceptors (Lipinski definition) is 4. The molecular formula is C10H9N3S3. The van der Waals surface area contributed by atoms with E-state index in [2.05, 4.69) is 35.1 Å². The average Bonchev–Trinajstić information content (AvgIpc) is 2.66. The molecule has 82 valence electrons. The zero-order valence-corrected chi connectivity index (χ0v) is 11.0. The molecule has 1 heterocycles. The number of anilines is 1. The first-order chi connectivity index (χ1) is 7.65. The standard InChI is InChI=1S/C10H9N3S3/c1-6-2-4-7(5-3-6)8-12-13-9(16-8)11-10(14)15/h2-5H,1H3,(H2,11,13,14,15). The molecule has 6 heteroatoms. The van der Waals surface area contributed by atoms with Crippen molar-refractivity contribution in [3.8, 4) is 10.6 Å². The van der Waals surface area contributed by atoms with Gasteiger partial charge in [-0.3, -0.25) is 0 Å². The summed E-state index contributed by atoms with van der Waals surface area (Å²) in [5.41, 5.74) is 2.28. The second kappa shape index (κ2) is 4.90. The Hall–Kier alpha value is -0.980. The molecule has 0 bridgehead atoms. The summed E-state index contributed by atoms with van der Waals surface area (Å²) in [6, 6.07) is 8.15. The summed E-state index contributed by atoms with van der Waals surface area (Å²) < 4.78 is 0.395. The fraction of sp³-hybridized carbons (Fsp3) is 0.100. The van der Waals surface area contributed by atoms with Crippen LogP contribution in [0.25, 0.3) is 10.6 Å². The minimum atomic E-state index is 0.395. The largest absolute Gasteiger partial charge is 0.316 e. The molecule has 16 heavy (non-hydrogen) atoms. The Morgan fingerprint density at radius 3 is 2.62 bits per heavy atom. The number of aromatic nitrogens is 2. The molecule has 0 fully saturated rings. The van der Waals surface area contributed by atoms with Crippen LogP contribution in [0.1, 0.15) is 5.56 Å². The summed E-state index contributed by atoms with van der Waals surface area (Å²) in [5, 5.41) is 12.4.